The van der Waals surface area contributed by atoms with Gasteiger partial charge in [-0.05, 0) is 49.0 Å². The van der Waals surface area contributed by atoms with Crippen molar-refractivity contribution >= 4 is 44.4 Å². The molecule has 0 amide bonds. The van der Waals surface area contributed by atoms with Gasteiger partial charge in [-0.3, -0.25) is 0 Å². The Morgan fingerprint density at radius 3 is 1.91 bits per heavy atom. The summed E-state index contributed by atoms with van der Waals surface area (Å²) in [7, 11) is -1.34. The normalized spacial score (nSPS) is 9.74. The summed E-state index contributed by atoms with van der Waals surface area (Å²) >= 11 is 6.85. The minimum atomic E-state index is -1.34. The molecule has 0 aliphatic heterocycles. The number of pyridine rings is 1. The monoisotopic (exact) mass is 433 g/mol. The summed E-state index contributed by atoms with van der Waals surface area (Å²) in [5.41, 5.74) is 2.85. The molecule has 6 heteroatoms. The molecule has 0 aliphatic carbocycles. The van der Waals surface area contributed by atoms with E-state index < -0.39 is 7.12 Å². The number of hydrogen-bond donors (Lipinski definition) is 2. The third-order valence-corrected chi connectivity index (χ3v) is 4.07. The first-order chi connectivity index (χ1) is 11.1. The van der Waals surface area contributed by atoms with Crippen molar-refractivity contribution in [3.05, 3.63) is 82.0 Å². The van der Waals surface area contributed by atoms with Gasteiger partial charge in [-0.2, -0.15) is 0 Å². The summed E-state index contributed by atoms with van der Waals surface area (Å²) in [6, 6.07) is 20.9. The van der Waals surface area contributed by atoms with Crippen molar-refractivity contribution in [2.24, 2.45) is 0 Å². The molecule has 3 aromatic rings. The average Bonchev–Trinajstić information content (AvgIpc) is 2.59. The topological polar surface area (TPSA) is 53.4 Å². The lowest BCUT2D eigenvalue weighted by atomic mass is 9.81. The van der Waals surface area contributed by atoms with Gasteiger partial charge in [0.05, 0.1) is 0 Å². The third-order valence-electron chi connectivity index (χ3n) is 3.00. The lowest BCUT2D eigenvalue weighted by Gasteiger charge is -2.04. The summed E-state index contributed by atoms with van der Waals surface area (Å²) < 4.78 is 1.85. The predicted octanol–water partition coefficient (Wildman–Crippen LogP) is 3.64. The van der Waals surface area contributed by atoms with Crippen LogP contribution in [0.3, 0.4) is 0 Å². The lowest BCUT2D eigenvalue weighted by molar-refractivity contribution is 0.426. The van der Waals surface area contributed by atoms with E-state index in [1.165, 1.54) is 5.56 Å². The molecule has 0 unspecified atom stereocenters. The van der Waals surface area contributed by atoms with E-state index in [4.69, 9.17) is 10.0 Å². The zero-order valence-corrected chi connectivity index (χ0v) is 15.3. The Bertz CT molecular complexity index is 740. The Hall–Kier alpha value is -1.47. The molecule has 23 heavy (non-hydrogen) atoms. The Labute approximate surface area is 152 Å². The fourth-order valence-corrected chi connectivity index (χ4v) is 2.65. The van der Waals surface area contributed by atoms with Crippen molar-refractivity contribution in [1.82, 2.24) is 4.98 Å². The summed E-state index contributed by atoms with van der Waals surface area (Å²) in [4.78, 5) is 4.13. The van der Waals surface area contributed by atoms with Gasteiger partial charge in [-0.1, -0.05) is 60.7 Å². The van der Waals surface area contributed by atoms with E-state index in [2.05, 4.69) is 49.0 Å². The molecule has 2 N–H and O–H groups in total. The van der Waals surface area contributed by atoms with E-state index in [9.17, 15) is 0 Å². The van der Waals surface area contributed by atoms with Gasteiger partial charge in [0.15, 0.2) is 0 Å². The molecule has 3 nitrogen and oxygen atoms in total. The number of hydrogen-bond acceptors (Lipinski definition) is 3. The van der Waals surface area contributed by atoms with Crippen LogP contribution in [0.2, 0.25) is 0 Å². The minimum absolute atomic E-state index is 0.525. The van der Waals surface area contributed by atoms with Crippen molar-refractivity contribution in [3.63, 3.8) is 0 Å². The maximum absolute atomic E-state index is 8.58. The van der Waals surface area contributed by atoms with Gasteiger partial charge in [0.25, 0.3) is 0 Å². The van der Waals surface area contributed by atoms with Gasteiger partial charge < -0.3 is 10.0 Å². The van der Waals surface area contributed by atoms with Crippen molar-refractivity contribution in [2.45, 2.75) is 0 Å². The van der Waals surface area contributed by atoms with E-state index in [0.717, 1.165) is 14.6 Å². The fraction of sp³-hybridized carbons (Fsp3) is 0. The van der Waals surface area contributed by atoms with Crippen LogP contribution in [-0.2, 0) is 0 Å². The number of rotatable bonds is 2. The van der Waals surface area contributed by atoms with E-state index >= 15 is 0 Å². The zero-order valence-electron chi connectivity index (χ0n) is 12.1. The third kappa shape index (κ3) is 5.59. The second-order valence-electron chi connectivity index (χ2n) is 4.64. The Morgan fingerprint density at radius 1 is 0.826 bits per heavy atom. The highest BCUT2D eigenvalue weighted by Crippen LogP contribution is 2.29. The van der Waals surface area contributed by atoms with E-state index in [0.29, 0.717) is 5.46 Å². The fourth-order valence-electron chi connectivity index (χ4n) is 1.88. The highest BCUT2D eigenvalue weighted by Gasteiger charge is 2.07. The molecule has 0 aliphatic rings. The van der Waals surface area contributed by atoms with Gasteiger partial charge in [0.1, 0.15) is 4.60 Å². The molecule has 0 radical (unpaired) electrons. The number of aromatic nitrogens is 1. The molecule has 0 fully saturated rings. The number of nitrogens with zero attached hydrogens (tertiary/aromatic N) is 1. The van der Waals surface area contributed by atoms with Gasteiger partial charge in [0, 0.05) is 16.2 Å². The minimum Gasteiger partial charge on any atom is -0.423 e. The van der Waals surface area contributed by atoms with Crippen LogP contribution in [0.15, 0.2) is 82.0 Å². The summed E-state index contributed by atoms with van der Waals surface area (Å²) in [6.45, 7) is 0. The quantitative estimate of drug-likeness (QED) is 0.478. The molecule has 0 saturated carbocycles. The van der Waals surface area contributed by atoms with Gasteiger partial charge in [-0.15, -0.1) is 0 Å². The van der Waals surface area contributed by atoms with Crippen LogP contribution < -0.4 is 5.46 Å². The molecule has 0 spiro atoms. The highest BCUT2D eigenvalue weighted by molar-refractivity contribution is 9.11. The zero-order chi connectivity index (χ0) is 16.7. The largest absolute Gasteiger partial charge is 0.488 e. The maximum Gasteiger partial charge on any atom is 0.488 e. The summed E-state index contributed by atoms with van der Waals surface area (Å²) in [5, 5.41) is 17.2. The Balaban J connectivity index is 0.000000185. The summed E-state index contributed by atoms with van der Waals surface area (Å²) in [5.74, 6) is 0. The molecular weight excluding hydrogens is 421 g/mol. The van der Waals surface area contributed by atoms with Crippen molar-refractivity contribution in [1.29, 1.82) is 0 Å². The molecule has 0 atom stereocenters. The van der Waals surface area contributed by atoms with Crippen LogP contribution in [0.1, 0.15) is 0 Å². The van der Waals surface area contributed by atoms with Gasteiger partial charge >= 0.3 is 7.12 Å². The van der Waals surface area contributed by atoms with Crippen LogP contribution in [0.25, 0.3) is 11.1 Å². The van der Waals surface area contributed by atoms with Crippen LogP contribution in [-0.4, -0.2) is 22.2 Å². The molecule has 2 aromatic carbocycles. The number of benzene rings is 2. The first-order valence-electron chi connectivity index (χ1n) is 6.85. The molecular formula is C17H14BBr2NO2. The Morgan fingerprint density at radius 2 is 1.39 bits per heavy atom. The molecule has 116 valence electrons. The Kier molecular flexibility index (Phi) is 6.98. The van der Waals surface area contributed by atoms with Crippen LogP contribution >= 0.6 is 31.9 Å². The molecule has 1 aromatic heterocycles. The summed E-state index contributed by atoms with van der Waals surface area (Å²) in [6.07, 6.45) is 1.80. The molecule has 3 rings (SSSR count). The molecule has 0 saturated heterocycles. The molecule has 1 heterocycles. The second kappa shape index (κ2) is 8.98. The first kappa shape index (κ1) is 17.9. The van der Waals surface area contributed by atoms with Crippen molar-refractivity contribution in [3.8, 4) is 11.1 Å². The van der Waals surface area contributed by atoms with Crippen molar-refractivity contribution in [2.75, 3.05) is 0 Å². The second-order valence-corrected chi connectivity index (χ2v) is 6.30. The van der Waals surface area contributed by atoms with E-state index in [1.54, 1.807) is 30.5 Å². The lowest BCUT2D eigenvalue weighted by Crippen LogP contribution is -2.29. The van der Waals surface area contributed by atoms with E-state index in [-0.39, 0.29) is 0 Å². The van der Waals surface area contributed by atoms with Gasteiger partial charge in [0.2, 0.25) is 0 Å². The molecule has 0 bridgehead atoms. The van der Waals surface area contributed by atoms with Crippen LogP contribution in [0.4, 0.5) is 0 Å². The SMILES string of the molecule is Brc1cc(-c2ccccc2)c(Br)cn1.OB(O)c1ccccc1. The maximum atomic E-state index is 8.58. The smallest absolute Gasteiger partial charge is 0.423 e. The van der Waals surface area contributed by atoms with Gasteiger partial charge in [-0.25, -0.2) is 4.98 Å². The standard InChI is InChI=1S/C11H7Br2N.C6H7BO2/c12-10-7-14-11(13)6-9(10)8-4-2-1-3-5-8;8-7(9)6-4-2-1-3-5-6/h1-7H;1-5,8-9H. The first-order valence-corrected chi connectivity index (χ1v) is 8.44. The van der Waals surface area contributed by atoms with Crippen LogP contribution in [0.5, 0.6) is 0 Å². The van der Waals surface area contributed by atoms with Crippen molar-refractivity contribution < 1.29 is 10.0 Å². The van der Waals surface area contributed by atoms with E-state index in [1.807, 2.05) is 30.3 Å². The number of halogens is 2. The predicted molar refractivity (Wildman–Crippen MR) is 101 cm³/mol. The highest BCUT2D eigenvalue weighted by atomic mass is 79.9. The average molecular weight is 435 g/mol. The van der Waals surface area contributed by atoms with Crippen LogP contribution in [0, 0.1) is 0 Å².